The van der Waals surface area contributed by atoms with Crippen LogP contribution in [-0.4, -0.2) is 35.5 Å². The summed E-state index contributed by atoms with van der Waals surface area (Å²) in [6.45, 7) is 1.49. The smallest absolute Gasteiger partial charge is 0.338 e. The second kappa shape index (κ2) is 9.67. The van der Waals surface area contributed by atoms with Crippen molar-refractivity contribution in [1.29, 1.82) is 0 Å². The number of carboxylic acids is 1. The van der Waals surface area contributed by atoms with Gasteiger partial charge in [0, 0.05) is 23.5 Å². The zero-order valence-corrected chi connectivity index (χ0v) is 15.0. The Hall–Kier alpha value is -3.94. The van der Waals surface area contributed by atoms with Gasteiger partial charge in [-0.2, -0.15) is 0 Å². The summed E-state index contributed by atoms with van der Waals surface area (Å²) >= 11 is 0. The van der Waals surface area contributed by atoms with E-state index in [4.69, 9.17) is 9.84 Å². The Kier molecular flexibility index (Phi) is 7.04. The van der Waals surface area contributed by atoms with E-state index in [0.29, 0.717) is 17.5 Å². The van der Waals surface area contributed by atoms with Crippen molar-refractivity contribution in [2.24, 2.45) is 0 Å². The molecule has 0 aliphatic rings. The first-order chi connectivity index (χ1) is 13.3. The van der Waals surface area contributed by atoms with E-state index in [1.165, 1.54) is 24.3 Å². The van der Waals surface area contributed by atoms with Crippen LogP contribution in [0.5, 0.6) is 0 Å². The van der Waals surface area contributed by atoms with Gasteiger partial charge in [-0.15, -0.1) is 0 Å². The third-order valence-electron chi connectivity index (χ3n) is 3.44. The van der Waals surface area contributed by atoms with Gasteiger partial charge in [-0.25, -0.2) is 9.59 Å². The number of ether oxygens (including phenoxy) is 1. The van der Waals surface area contributed by atoms with Gasteiger partial charge >= 0.3 is 11.9 Å². The van der Waals surface area contributed by atoms with E-state index >= 15 is 0 Å². The monoisotopic (exact) mass is 382 g/mol. The fourth-order valence-electron chi connectivity index (χ4n) is 2.07. The molecule has 8 nitrogen and oxygen atoms in total. The molecule has 2 aromatic carbocycles. The van der Waals surface area contributed by atoms with E-state index in [2.05, 4.69) is 10.6 Å². The molecule has 0 radical (unpaired) electrons. The molecule has 0 saturated heterocycles. The van der Waals surface area contributed by atoms with Gasteiger partial charge in [-0.1, -0.05) is 17.7 Å². The summed E-state index contributed by atoms with van der Waals surface area (Å²) in [5.74, 6) is -3.01. The number of hydrogen-bond acceptors (Lipinski definition) is 5. The molecule has 0 aromatic heterocycles. The Bertz CT molecular complexity index is 901. The number of hydrogen-bond donors (Lipinski definition) is 3. The van der Waals surface area contributed by atoms with E-state index in [1.54, 1.807) is 12.1 Å². The lowest BCUT2D eigenvalue weighted by atomic mass is 10.2. The number of amides is 2. The molecule has 0 aliphatic carbocycles. The summed E-state index contributed by atoms with van der Waals surface area (Å²) in [5.41, 5.74) is 2.22. The summed E-state index contributed by atoms with van der Waals surface area (Å²) in [6.07, 6.45) is 1.58. The number of carbonyl (C=O) groups excluding carboxylic acids is 3. The lowest BCUT2D eigenvalue weighted by Gasteiger charge is -2.07. The Balaban J connectivity index is 1.83. The van der Waals surface area contributed by atoms with Gasteiger partial charge in [-0.05, 0) is 43.3 Å². The zero-order chi connectivity index (χ0) is 20.5. The molecule has 2 aromatic rings. The summed E-state index contributed by atoms with van der Waals surface area (Å²) < 4.78 is 4.96. The highest BCUT2D eigenvalue weighted by atomic mass is 16.5. The predicted octanol–water partition coefficient (Wildman–Crippen LogP) is 2.37. The van der Waals surface area contributed by atoms with Crippen LogP contribution in [-0.2, 0) is 19.1 Å². The highest BCUT2D eigenvalue weighted by Crippen LogP contribution is 2.11. The van der Waals surface area contributed by atoms with Crippen LogP contribution in [0.2, 0.25) is 0 Å². The first-order valence-electron chi connectivity index (χ1n) is 8.19. The number of rotatable bonds is 7. The number of aryl methyl sites for hydroxylation is 1. The van der Waals surface area contributed by atoms with Crippen LogP contribution in [0.15, 0.2) is 60.7 Å². The average Bonchev–Trinajstić information content (AvgIpc) is 2.67. The quantitative estimate of drug-likeness (QED) is 0.499. The molecule has 0 aliphatic heterocycles. The number of carbonyl (C=O) groups is 4. The molecule has 0 unspecified atom stereocenters. The minimum Gasteiger partial charge on any atom is -0.478 e. The fraction of sp³-hybridized carbons (Fsp3) is 0.100. The Morgan fingerprint density at radius 2 is 1.46 bits per heavy atom. The molecule has 8 heteroatoms. The van der Waals surface area contributed by atoms with E-state index in [9.17, 15) is 19.2 Å². The first kappa shape index (κ1) is 20.4. The maximum Gasteiger partial charge on any atom is 0.338 e. The third kappa shape index (κ3) is 6.75. The molecule has 0 fully saturated rings. The average molecular weight is 382 g/mol. The molecule has 3 N–H and O–H groups in total. The van der Waals surface area contributed by atoms with E-state index in [0.717, 1.165) is 11.6 Å². The van der Waals surface area contributed by atoms with Crippen molar-refractivity contribution in [2.75, 3.05) is 17.2 Å². The van der Waals surface area contributed by atoms with Crippen molar-refractivity contribution >= 4 is 35.1 Å². The standard InChI is InChI=1S/C20H18N2O6/c1-13-2-6-15(7-3-13)22-18(24)12-28-20(27)14-4-8-16(9-5-14)21-17(23)10-11-19(25)26/h2-11H,12H2,1H3,(H,21,23)(H,22,24)(H,25,26)/b11-10+. The lowest BCUT2D eigenvalue weighted by molar-refractivity contribution is -0.131. The maximum absolute atomic E-state index is 12.0. The number of aliphatic carboxylic acids is 1. The highest BCUT2D eigenvalue weighted by molar-refractivity contribution is 6.02. The van der Waals surface area contributed by atoms with Crippen molar-refractivity contribution in [3.05, 3.63) is 71.8 Å². The van der Waals surface area contributed by atoms with Gasteiger partial charge in [0.1, 0.15) is 0 Å². The van der Waals surface area contributed by atoms with Crippen LogP contribution in [0.3, 0.4) is 0 Å². The van der Waals surface area contributed by atoms with Crippen molar-refractivity contribution < 1.29 is 29.0 Å². The highest BCUT2D eigenvalue weighted by Gasteiger charge is 2.11. The van der Waals surface area contributed by atoms with Crippen LogP contribution in [0.25, 0.3) is 0 Å². The number of nitrogens with one attached hydrogen (secondary N) is 2. The molecule has 28 heavy (non-hydrogen) atoms. The molecular weight excluding hydrogens is 364 g/mol. The summed E-state index contributed by atoms with van der Waals surface area (Å²) in [5, 5.41) is 13.5. The Labute approximate surface area is 160 Å². The van der Waals surface area contributed by atoms with Crippen LogP contribution in [0.4, 0.5) is 11.4 Å². The van der Waals surface area contributed by atoms with Crippen molar-refractivity contribution in [3.8, 4) is 0 Å². The molecule has 0 spiro atoms. The number of anilines is 2. The van der Waals surface area contributed by atoms with Crippen LogP contribution in [0, 0.1) is 6.92 Å². The predicted molar refractivity (Wildman–Crippen MR) is 102 cm³/mol. The number of esters is 1. The largest absolute Gasteiger partial charge is 0.478 e. The molecule has 2 amide bonds. The topological polar surface area (TPSA) is 122 Å². The van der Waals surface area contributed by atoms with E-state index < -0.39 is 30.4 Å². The van der Waals surface area contributed by atoms with Crippen LogP contribution < -0.4 is 10.6 Å². The Morgan fingerprint density at radius 3 is 2.07 bits per heavy atom. The second-order valence-corrected chi connectivity index (χ2v) is 5.73. The number of carboxylic acid groups (broad SMARTS) is 1. The molecule has 2 rings (SSSR count). The van der Waals surface area contributed by atoms with Gasteiger partial charge in [-0.3, -0.25) is 9.59 Å². The summed E-state index contributed by atoms with van der Waals surface area (Å²) in [7, 11) is 0. The molecular formula is C20H18N2O6. The molecule has 0 bridgehead atoms. The second-order valence-electron chi connectivity index (χ2n) is 5.73. The first-order valence-corrected chi connectivity index (χ1v) is 8.19. The van der Waals surface area contributed by atoms with Crippen molar-refractivity contribution in [2.45, 2.75) is 6.92 Å². The van der Waals surface area contributed by atoms with Gasteiger partial charge in [0.2, 0.25) is 5.91 Å². The van der Waals surface area contributed by atoms with E-state index in [1.807, 2.05) is 19.1 Å². The Morgan fingerprint density at radius 1 is 0.893 bits per heavy atom. The van der Waals surface area contributed by atoms with Gasteiger partial charge in [0.15, 0.2) is 6.61 Å². The van der Waals surface area contributed by atoms with E-state index in [-0.39, 0.29) is 5.56 Å². The number of benzene rings is 2. The van der Waals surface area contributed by atoms with Gasteiger partial charge in [0.05, 0.1) is 5.56 Å². The van der Waals surface area contributed by atoms with Gasteiger partial charge < -0.3 is 20.5 Å². The SMILES string of the molecule is Cc1ccc(NC(=O)COC(=O)c2ccc(NC(=O)/C=C/C(=O)O)cc2)cc1. The lowest BCUT2D eigenvalue weighted by Crippen LogP contribution is -2.20. The van der Waals surface area contributed by atoms with Gasteiger partial charge in [0.25, 0.3) is 5.91 Å². The minimum absolute atomic E-state index is 0.196. The third-order valence-corrected chi connectivity index (χ3v) is 3.44. The summed E-state index contributed by atoms with van der Waals surface area (Å²) in [6, 6.07) is 12.9. The van der Waals surface area contributed by atoms with Crippen molar-refractivity contribution in [1.82, 2.24) is 0 Å². The fourth-order valence-corrected chi connectivity index (χ4v) is 2.07. The molecule has 0 heterocycles. The minimum atomic E-state index is -1.24. The molecule has 0 atom stereocenters. The van der Waals surface area contributed by atoms with Crippen LogP contribution >= 0.6 is 0 Å². The summed E-state index contributed by atoms with van der Waals surface area (Å²) in [4.78, 5) is 45.7. The van der Waals surface area contributed by atoms with Crippen molar-refractivity contribution in [3.63, 3.8) is 0 Å². The molecule has 0 saturated carbocycles. The van der Waals surface area contributed by atoms with Crippen LogP contribution in [0.1, 0.15) is 15.9 Å². The normalized spacial score (nSPS) is 10.3. The zero-order valence-electron chi connectivity index (χ0n) is 15.0. The maximum atomic E-state index is 12.0. The molecule has 144 valence electrons.